The number of aliphatic imine (C=N–C) groups is 1. The molecule has 0 unspecified atom stereocenters. The van der Waals surface area contributed by atoms with Crippen molar-refractivity contribution in [1.29, 1.82) is 0 Å². The number of benzene rings is 1. The van der Waals surface area contributed by atoms with E-state index in [1.165, 1.54) is 32.1 Å². The molecule has 0 radical (unpaired) electrons. The summed E-state index contributed by atoms with van der Waals surface area (Å²) in [4.78, 5) is 14.8. The van der Waals surface area contributed by atoms with Crippen LogP contribution < -0.4 is 0 Å². The number of carbonyl (C=O) groups is 1. The van der Waals surface area contributed by atoms with Crippen LogP contribution in [0.25, 0.3) is 0 Å². The van der Waals surface area contributed by atoms with E-state index in [2.05, 4.69) is 18.5 Å². The fourth-order valence-electron chi connectivity index (χ4n) is 2.35. The first-order chi connectivity index (χ1) is 9.66. The van der Waals surface area contributed by atoms with Crippen molar-refractivity contribution >= 4 is 11.9 Å². The molecule has 0 N–H and O–H groups in total. The minimum Gasteiger partial charge on any atom is -0.402 e. The topological polar surface area (TPSA) is 38.7 Å². The lowest BCUT2D eigenvalue weighted by Crippen LogP contribution is -2.04. The van der Waals surface area contributed by atoms with Gasteiger partial charge in [0.15, 0.2) is 0 Å². The fraction of sp³-hybridized carbons (Fsp3) is 0.412. The summed E-state index contributed by atoms with van der Waals surface area (Å²) in [7, 11) is 0. The monoisotopic (exact) mass is 271 g/mol. The minimum atomic E-state index is -0.473. The van der Waals surface area contributed by atoms with Crippen LogP contribution >= 0.6 is 0 Å². The summed E-state index contributed by atoms with van der Waals surface area (Å²) in [5.41, 5.74) is 0.938. The zero-order chi connectivity index (χ0) is 14.4. The molecule has 3 heteroatoms. The molecule has 1 aromatic carbocycles. The van der Waals surface area contributed by atoms with Gasteiger partial charge in [0, 0.05) is 5.56 Å². The van der Waals surface area contributed by atoms with Crippen LogP contribution in [0.4, 0.5) is 0 Å². The predicted molar refractivity (Wildman–Crippen MR) is 80.5 cm³/mol. The van der Waals surface area contributed by atoms with E-state index in [0.717, 1.165) is 11.5 Å². The number of rotatable bonds is 1. The third-order valence-corrected chi connectivity index (χ3v) is 3.58. The van der Waals surface area contributed by atoms with E-state index >= 15 is 0 Å². The normalized spacial score (nSPS) is 18.9. The van der Waals surface area contributed by atoms with Crippen molar-refractivity contribution < 1.29 is 9.53 Å². The maximum absolute atomic E-state index is 10.9. The molecule has 2 aliphatic rings. The average Bonchev–Trinajstić information content (AvgIpc) is 2.81. The van der Waals surface area contributed by atoms with Gasteiger partial charge >= 0.3 is 5.97 Å². The Labute approximate surface area is 120 Å². The molecule has 106 valence electrons. The van der Waals surface area contributed by atoms with Crippen molar-refractivity contribution in [1.82, 2.24) is 0 Å². The number of carbonyl (C=O) groups excluding carboxylic acids is 1. The van der Waals surface area contributed by atoms with Gasteiger partial charge in [-0.3, -0.25) is 0 Å². The van der Waals surface area contributed by atoms with Gasteiger partial charge in [0.05, 0.1) is 0 Å². The van der Waals surface area contributed by atoms with E-state index in [-0.39, 0.29) is 5.70 Å². The van der Waals surface area contributed by atoms with Gasteiger partial charge in [-0.05, 0) is 18.1 Å². The van der Waals surface area contributed by atoms with Crippen molar-refractivity contribution in [3.05, 3.63) is 48.2 Å². The number of esters is 1. The molecule has 1 fully saturated rings. The lowest BCUT2D eigenvalue weighted by atomic mass is 9.91. The average molecular weight is 271 g/mol. The maximum Gasteiger partial charge on any atom is 0.363 e. The van der Waals surface area contributed by atoms with Gasteiger partial charge in [-0.2, -0.15) is 0 Å². The number of hydrogen-bond acceptors (Lipinski definition) is 3. The molecule has 1 aliphatic carbocycles. The molecule has 20 heavy (non-hydrogen) atoms. The number of hydrogen-bond donors (Lipinski definition) is 0. The lowest BCUT2D eigenvalue weighted by molar-refractivity contribution is -0.129. The van der Waals surface area contributed by atoms with Gasteiger partial charge in [0.1, 0.15) is 5.70 Å². The molecule has 1 heterocycles. The van der Waals surface area contributed by atoms with Crippen LogP contribution in [0.15, 0.2) is 47.6 Å². The highest BCUT2D eigenvalue weighted by Gasteiger charge is 2.21. The summed E-state index contributed by atoms with van der Waals surface area (Å²) in [6.45, 7) is 5.81. The van der Waals surface area contributed by atoms with E-state index in [0.29, 0.717) is 5.90 Å². The molecule has 0 amide bonds. The predicted octanol–water partition coefficient (Wildman–Crippen LogP) is 4.09. The van der Waals surface area contributed by atoms with Crippen LogP contribution in [0.5, 0.6) is 0 Å². The van der Waals surface area contributed by atoms with Gasteiger partial charge in [0.2, 0.25) is 5.90 Å². The fourth-order valence-corrected chi connectivity index (χ4v) is 2.35. The maximum atomic E-state index is 10.9. The van der Waals surface area contributed by atoms with Crippen molar-refractivity contribution in [2.75, 3.05) is 0 Å². The third kappa shape index (κ3) is 4.05. The highest BCUT2D eigenvalue weighted by atomic mass is 16.6. The Balaban J connectivity index is 0.000000178. The molecule has 1 aromatic rings. The van der Waals surface area contributed by atoms with Crippen molar-refractivity contribution in [2.24, 2.45) is 10.9 Å². The summed E-state index contributed by atoms with van der Waals surface area (Å²) >= 11 is 0. The standard InChI is InChI=1S/C10H7NO2.C7H14/c1-7-10(12)13-9(11-7)8-5-3-2-4-6-8;1-7-5-3-2-4-6-7/h2-6H,1H2;7H,2-6H2,1H3. The van der Waals surface area contributed by atoms with Crippen LogP contribution in [0.2, 0.25) is 0 Å². The molecule has 0 saturated heterocycles. The summed E-state index contributed by atoms with van der Waals surface area (Å²) in [6, 6.07) is 9.24. The van der Waals surface area contributed by atoms with E-state index in [1.807, 2.05) is 30.3 Å². The molecule has 1 aliphatic heterocycles. The Bertz CT molecular complexity index is 499. The highest BCUT2D eigenvalue weighted by Crippen LogP contribution is 2.22. The summed E-state index contributed by atoms with van der Waals surface area (Å²) in [6.07, 6.45) is 7.44. The molecular formula is C17H21NO2. The minimum absolute atomic E-state index is 0.152. The van der Waals surface area contributed by atoms with Gasteiger partial charge in [-0.1, -0.05) is 63.8 Å². The van der Waals surface area contributed by atoms with Crippen LogP contribution in [-0.2, 0) is 9.53 Å². The number of cyclic esters (lactones) is 1. The lowest BCUT2D eigenvalue weighted by Gasteiger charge is -2.15. The molecule has 0 atom stereocenters. The number of ether oxygens (including phenoxy) is 1. The second-order valence-electron chi connectivity index (χ2n) is 5.36. The smallest absolute Gasteiger partial charge is 0.363 e. The quantitative estimate of drug-likeness (QED) is 0.570. The molecule has 0 spiro atoms. The molecule has 0 aromatic heterocycles. The zero-order valence-corrected chi connectivity index (χ0v) is 12.0. The SMILES string of the molecule is C=C1N=C(c2ccccc2)OC1=O.CC1CCCCC1. The van der Waals surface area contributed by atoms with Crippen LogP contribution in [0, 0.1) is 5.92 Å². The van der Waals surface area contributed by atoms with Crippen LogP contribution in [0.3, 0.4) is 0 Å². The molecule has 0 bridgehead atoms. The Morgan fingerprint density at radius 1 is 1.15 bits per heavy atom. The highest BCUT2D eigenvalue weighted by molar-refractivity contribution is 6.10. The van der Waals surface area contributed by atoms with Gasteiger partial charge in [-0.25, -0.2) is 9.79 Å². The van der Waals surface area contributed by atoms with Crippen molar-refractivity contribution in [3.8, 4) is 0 Å². The van der Waals surface area contributed by atoms with Crippen LogP contribution in [-0.4, -0.2) is 11.9 Å². The molecule has 1 saturated carbocycles. The Kier molecular flexibility index (Phi) is 5.10. The van der Waals surface area contributed by atoms with E-state index in [9.17, 15) is 4.79 Å². The zero-order valence-electron chi connectivity index (χ0n) is 12.0. The molecular weight excluding hydrogens is 250 g/mol. The Morgan fingerprint density at radius 3 is 2.25 bits per heavy atom. The second-order valence-corrected chi connectivity index (χ2v) is 5.36. The largest absolute Gasteiger partial charge is 0.402 e. The van der Waals surface area contributed by atoms with Gasteiger partial charge < -0.3 is 4.74 Å². The summed E-state index contributed by atoms with van der Waals surface area (Å²) in [5, 5.41) is 0. The Morgan fingerprint density at radius 2 is 1.80 bits per heavy atom. The summed E-state index contributed by atoms with van der Waals surface area (Å²) in [5.74, 6) is 0.892. The Hall–Kier alpha value is -1.90. The first kappa shape index (κ1) is 14.5. The first-order valence-electron chi connectivity index (χ1n) is 7.22. The van der Waals surface area contributed by atoms with Crippen molar-refractivity contribution in [3.63, 3.8) is 0 Å². The number of nitrogens with zero attached hydrogens (tertiary/aromatic N) is 1. The van der Waals surface area contributed by atoms with Gasteiger partial charge in [-0.15, -0.1) is 0 Å². The second kappa shape index (κ2) is 7.04. The molecule has 3 rings (SSSR count). The van der Waals surface area contributed by atoms with Gasteiger partial charge in [0.25, 0.3) is 0 Å². The third-order valence-electron chi connectivity index (χ3n) is 3.58. The van der Waals surface area contributed by atoms with E-state index in [1.54, 1.807) is 0 Å². The van der Waals surface area contributed by atoms with E-state index < -0.39 is 5.97 Å². The molecule has 3 nitrogen and oxygen atoms in total. The first-order valence-corrected chi connectivity index (χ1v) is 7.22. The van der Waals surface area contributed by atoms with Crippen molar-refractivity contribution in [2.45, 2.75) is 39.0 Å². The summed E-state index contributed by atoms with van der Waals surface area (Å²) < 4.78 is 4.87. The van der Waals surface area contributed by atoms with Crippen LogP contribution in [0.1, 0.15) is 44.6 Å². The van der Waals surface area contributed by atoms with E-state index in [4.69, 9.17) is 4.74 Å².